The summed E-state index contributed by atoms with van der Waals surface area (Å²) in [5.74, 6) is 0.615. The molecule has 0 aliphatic heterocycles. The second-order valence-corrected chi connectivity index (χ2v) is 8.48. The summed E-state index contributed by atoms with van der Waals surface area (Å²) in [4.78, 5) is 0.466. The molecule has 29 heavy (non-hydrogen) atoms. The van der Waals surface area contributed by atoms with Crippen molar-refractivity contribution < 1.29 is 18.3 Å². The van der Waals surface area contributed by atoms with E-state index in [1.54, 1.807) is 55.5 Å². The lowest BCUT2D eigenvalue weighted by Crippen LogP contribution is -2.03. The molecule has 0 radical (unpaired) electrons. The van der Waals surface area contributed by atoms with Crippen molar-refractivity contribution in [2.24, 2.45) is 5.10 Å². The zero-order valence-electron chi connectivity index (χ0n) is 16.4. The molecule has 0 unspecified atom stereocenters. The molecule has 0 atom stereocenters. The van der Waals surface area contributed by atoms with Crippen LogP contribution >= 0.6 is 0 Å². The first-order valence-electron chi connectivity index (χ1n) is 8.91. The molecule has 0 spiro atoms. The highest BCUT2D eigenvalue weighted by Crippen LogP contribution is 2.25. The van der Waals surface area contributed by atoms with Crippen LogP contribution < -0.4 is 10.2 Å². The van der Waals surface area contributed by atoms with Gasteiger partial charge in [0, 0.05) is 11.6 Å². The fourth-order valence-corrected chi connectivity index (χ4v) is 3.98. The molecule has 0 saturated heterocycles. The van der Waals surface area contributed by atoms with E-state index in [-0.39, 0.29) is 15.5 Å². The van der Waals surface area contributed by atoms with Crippen molar-refractivity contribution in [3.05, 3.63) is 77.9 Å². The van der Waals surface area contributed by atoms with Gasteiger partial charge in [-0.3, -0.25) is 5.43 Å². The maximum absolute atomic E-state index is 12.7. The number of hydrogen-bond acceptors (Lipinski definition) is 6. The van der Waals surface area contributed by atoms with Gasteiger partial charge in [0.05, 0.1) is 28.3 Å². The number of sulfone groups is 1. The van der Waals surface area contributed by atoms with Gasteiger partial charge < -0.3 is 9.84 Å². The third-order valence-electron chi connectivity index (χ3n) is 4.44. The highest BCUT2D eigenvalue weighted by Gasteiger charge is 2.17. The van der Waals surface area contributed by atoms with Crippen molar-refractivity contribution >= 4 is 21.2 Å². The number of phenols is 1. The average Bonchev–Trinajstić information content (AvgIpc) is 2.72. The van der Waals surface area contributed by atoms with Gasteiger partial charge >= 0.3 is 0 Å². The number of hydrogen-bond donors (Lipinski definition) is 2. The van der Waals surface area contributed by atoms with E-state index in [0.29, 0.717) is 22.7 Å². The predicted molar refractivity (Wildman–Crippen MR) is 114 cm³/mol. The fourth-order valence-electron chi connectivity index (χ4n) is 2.72. The maximum Gasteiger partial charge on any atom is 0.206 e. The Morgan fingerprint density at radius 1 is 0.966 bits per heavy atom. The van der Waals surface area contributed by atoms with Crippen molar-refractivity contribution in [2.45, 2.75) is 23.6 Å². The lowest BCUT2D eigenvalue weighted by molar-refractivity contribution is 0.407. The van der Waals surface area contributed by atoms with Gasteiger partial charge in [0.1, 0.15) is 11.5 Å². The zero-order chi connectivity index (χ0) is 21.0. The molecule has 0 bridgehead atoms. The molecular formula is C22H22N2O4S. The first kappa shape index (κ1) is 20.4. The third-order valence-corrected chi connectivity index (χ3v) is 6.23. The van der Waals surface area contributed by atoms with Gasteiger partial charge in [0.25, 0.3) is 0 Å². The second kappa shape index (κ2) is 8.36. The van der Waals surface area contributed by atoms with Crippen LogP contribution in [-0.2, 0) is 9.84 Å². The molecule has 6 nitrogen and oxygen atoms in total. The number of methoxy groups -OCH3 is 1. The Labute approximate surface area is 170 Å². The number of ether oxygens (including phenoxy) is 1. The van der Waals surface area contributed by atoms with Gasteiger partial charge in [-0.05, 0) is 62.4 Å². The Balaban J connectivity index is 1.77. The molecule has 0 amide bonds. The average molecular weight is 410 g/mol. The van der Waals surface area contributed by atoms with Crippen LogP contribution in [0.4, 0.5) is 5.69 Å². The Morgan fingerprint density at radius 3 is 2.10 bits per heavy atom. The fraction of sp³-hybridized carbons (Fsp3) is 0.136. The third kappa shape index (κ3) is 4.57. The molecule has 2 N–H and O–H groups in total. The Kier molecular flexibility index (Phi) is 5.89. The molecule has 3 aromatic carbocycles. The lowest BCUT2D eigenvalue weighted by Gasteiger charge is -2.08. The SMILES string of the molecule is COc1ccc(/C(C)=N/Nc2ccc(S(=O)(=O)c3ccc(C)cc3)cc2)c(O)c1. The molecule has 0 fully saturated rings. The van der Waals surface area contributed by atoms with Crippen LogP contribution in [0.1, 0.15) is 18.1 Å². The first-order chi connectivity index (χ1) is 13.8. The van der Waals surface area contributed by atoms with Gasteiger partial charge in [0.2, 0.25) is 9.84 Å². The number of hydrazone groups is 1. The number of nitrogens with one attached hydrogen (secondary N) is 1. The van der Waals surface area contributed by atoms with Crippen LogP contribution in [0, 0.1) is 6.92 Å². The summed E-state index contributed by atoms with van der Waals surface area (Å²) in [6, 6.07) is 18.1. The number of nitrogens with zero attached hydrogens (tertiary/aromatic N) is 1. The molecule has 7 heteroatoms. The first-order valence-corrected chi connectivity index (χ1v) is 10.4. The van der Waals surface area contributed by atoms with Crippen LogP contribution in [0.5, 0.6) is 11.5 Å². The summed E-state index contributed by atoms with van der Waals surface area (Å²) < 4.78 is 30.5. The summed E-state index contributed by atoms with van der Waals surface area (Å²) in [6.45, 7) is 3.66. The van der Waals surface area contributed by atoms with E-state index in [2.05, 4.69) is 10.5 Å². The highest BCUT2D eigenvalue weighted by atomic mass is 32.2. The quantitative estimate of drug-likeness (QED) is 0.465. The zero-order valence-corrected chi connectivity index (χ0v) is 17.2. The molecule has 0 aliphatic carbocycles. The van der Waals surface area contributed by atoms with Crippen molar-refractivity contribution in [3.63, 3.8) is 0 Å². The summed E-state index contributed by atoms with van der Waals surface area (Å²) in [7, 11) is -2.04. The lowest BCUT2D eigenvalue weighted by atomic mass is 10.1. The summed E-state index contributed by atoms with van der Waals surface area (Å²) in [5.41, 5.74) is 5.64. The van der Waals surface area contributed by atoms with Crippen LogP contribution in [0.15, 0.2) is 81.6 Å². The smallest absolute Gasteiger partial charge is 0.206 e. The van der Waals surface area contributed by atoms with E-state index >= 15 is 0 Å². The van der Waals surface area contributed by atoms with Crippen LogP contribution in [0.25, 0.3) is 0 Å². The van der Waals surface area contributed by atoms with Crippen molar-refractivity contribution in [2.75, 3.05) is 12.5 Å². The van der Waals surface area contributed by atoms with Gasteiger partial charge in [-0.15, -0.1) is 0 Å². The van der Waals surface area contributed by atoms with Crippen LogP contribution in [-0.4, -0.2) is 26.3 Å². The Morgan fingerprint density at radius 2 is 1.55 bits per heavy atom. The molecule has 0 aromatic heterocycles. The Bertz CT molecular complexity index is 1140. The van der Waals surface area contributed by atoms with E-state index in [1.807, 2.05) is 6.92 Å². The summed E-state index contributed by atoms with van der Waals surface area (Å²) in [5, 5.41) is 14.3. The molecule has 0 aliphatic rings. The minimum atomic E-state index is -3.57. The molecule has 3 rings (SSSR count). The largest absolute Gasteiger partial charge is 0.507 e. The summed E-state index contributed by atoms with van der Waals surface area (Å²) >= 11 is 0. The normalized spacial score (nSPS) is 11.9. The van der Waals surface area contributed by atoms with E-state index < -0.39 is 9.84 Å². The topological polar surface area (TPSA) is 88.0 Å². The van der Waals surface area contributed by atoms with Crippen molar-refractivity contribution in [1.82, 2.24) is 0 Å². The molecule has 0 heterocycles. The van der Waals surface area contributed by atoms with E-state index in [4.69, 9.17) is 4.74 Å². The highest BCUT2D eigenvalue weighted by molar-refractivity contribution is 7.91. The molecule has 0 saturated carbocycles. The molecule has 3 aromatic rings. The van der Waals surface area contributed by atoms with Crippen LogP contribution in [0.3, 0.4) is 0 Å². The number of benzene rings is 3. The van der Waals surface area contributed by atoms with Crippen LogP contribution in [0.2, 0.25) is 0 Å². The maximum atomic E-state index is 12.7. The predicted octanol–water partition coefficient (Wildman–Crippen LogP) is 4.38. The number of aromatic hydroxyl groups is 1. The van der Waals surface area contributed by atoms with Gasteiger partial charge in [0.15, 0.2) is 0 Å². The minimum Gasteiger partial charge on any atom is -0.507 e. The van der Waals surface area contributed by atoms with Gasteiger partial charge in [-0.1, -0.05) is 17.7 Å². The standard InChI is InChI=1S/C22H22N2O4S/c1-15-4-9-19(10-5-15)29(26,27)20-11-6-17(7-12-20)24-23-16(2)21-13-8-18(28-3)14-22(21)25/h4-14,24-25H,1-3H3/b23-16+. The van der Waals surface area contributed by atoms with Gasteiger partial charge in [-0.2, -0.15) is 5.10 Å². The Hall–Kier alpha value is -3.32. The molecular weight excluding hydrogens is 388 g/mol. The van der Waals surface area contributed by atoms with Crippen molar-refractivity contribution in [3.8, 4) is 11.5 Å². The number of anilines is 1. The molecule has 150 valence electrons. The summed E-state index contributed by atoms with van der Waals surface area (Å²) in [6.07, 6.45) is 0. The minimum absolute atomic E-state index is 0.0620. The number of rotatable bonds is 6. The monoisotopic (exact) mass is 410 g/mol. The van der Waals surface area contributed by atoms with Gasteiger partial charge in [-0.25, -0.2) is 8.42 Å². The van der Waals surface area contributed by atoms with E-state index in [9.17, 15) is 13.5 Å². The second-order valence-electron chi connectivity index (χ2n) is 6.53. The van der Waals surface area contributed by atoms with E-state index in [1.165, 1.54) is 25.3 Å². The number of phenolic OH excluding ortho intramolecular Hbond substituents is 1. The van der Waals surface area contributed by atoms with E-state index in [0.717, 1.165) is 5.56 Å². The van der Waals surface area contributed by atoms with Crippen molar-refractivity contribution in [1.29, 1.82) is 0 Å². The number of aryl methyl sites for hydroxylation is 1.